The van der Waals surface area contributed by atoms with E-state index in [4.69, 9.17) is 0 Å². The van der Waals surface area contributed by atoms with Crippen LogP contribution in [-0.4, -0.2) is 34.6 Å². The molecule has 1 atom stereocenters. The van der Waals surface area contributed by atoms with E-state index in [2.05, 4.69) is 13.8 Å². The smallest absolute Gasteiger partial charge is 0.222 e. The first kappa shape index (κ1) is 13.5. The monoisotopic (exact) mass is 227 g/mol. The Morgan fingerprint density at radius 2 is 1.94 bits per heavy atom. The normalized spacial score (nSPS) is 17.6. The lowest BCUT2D eigenvalue weighted by atomic mass is 10.1. The third-order valence-corrected chi connectivity index (χ3v) is 3.03. The second-order valence-electron chi connectivity index (χ2n) is 5.39. The Hall–Kier alpha value is -0.570. The summed E-state index contributed by atoms with van der Waals surface area (Å²) in [5.74, 6) is 0.870. The summed E-state index contributed by atoms with van der Waals surface area (Å²) in [6.45, 7) is 7.00. The predicted octanol–water partition coefficient (Wildman–Crippen LogP) is 2.18. The molecule has 0 aromatic rings. The van der Waals surface area contributed by atoms with E-state index >= 15 is 0 Å². The van der Waals surface area contributed by atoms with Gasteiger partial charge in [-0.25, -0.2) is 0 Å². The van der Waals surface area contributed by atoms with Crippen molar-refractivity contribution in [2.24, 2.45) is 5.92 Å². The van der Waals surface area contributed by atoms with Crippen LogP contribution in [0.25, 0.3) is 0 Å². The predicted molar refractivity (Wildman–Crippen MR) is 65.1 cm³/mol. The highest BCUT2D eigenvalue weighted by Crippen LogP contribution is 2.28. The minimum Gasteiger partial charge on any atom is -0.393 e. The molecule has 0 saturated heterocycles. The van der Waals surface area contributed by atoms with Gasteiger partial charge in [0.05, 0.1) is 6.10 Å². The van der Waals surface area contributed by atoms with Crippen molar-refractivity contribution in [3.05, 3.63) is 0 Å². The van der Waals surface area contributed by atoms with Gasteiger partial charge in [-0.1, -0.05) is 13.8 Å². The Morgan fingerprint density at radius 1 is 1.31 bits per heavy atom. The molecule has 1 aliphatic rings. The fourth-order valence-electron chi connectivity index (χ4n) is 1.77. The summed E-state index contributed by atoms with van der Waals surface area (Å²) in [5.41, 5.74) is 0. The van der Waals surface area contributed by atoms with Gasteiger partial charge in [0.1, 0.15) is 0 Å². The molecule has 1 aliphatic carbocycles. The molecule has 0 aliphatic heterocycles. The third kappa shape index (κ3) is 4.97. The van der Waals surface area contributed by atoms with E-state index in [1.807, 2.05) is 4.90 Å². The summed E-state index contributed by atoms with van der Waals surface area (Å²) >= 11 is 0. The van der Waals surface area contributed by atoms with Gasteiger partial charge in [-0.3, -0.25) is 4.79 Å². The standard InChI is InChI=1S/C13H25NO2/c1-10(2)8-9-14(12-5-6-12)13(16)7-4-11(3)15/h10-12,15H,4-9H2,1-3H3. The van der Waals surface area contributed by atoms with Crippen LogP contribution in [0.3, 0.4) is 0 Å². The molecule has 1 fully saturated rings. The van der Waals surface area contributed by atoms with E-state index in [1.165, 1.54) is 12.8 Å². The Kier molecular flexibility index (Phi) is 5.26. The van der Waals surface area contributed by atoms with Crippen LogP contribution in [-0.2, 0) is 4.79 Å². The number of amides is 1. The zero-order chi connectivity index (χ0) is 12.1. The number of carbonyl (C=O) groups excluding carboxylic acids is 1. The molecule has 0 bridgehead atoms. The molecule has 0 aromatic heterocycles. The summed E-state index contributed by atoms with van der Waals surface area (Å²) in [6.07, 6.45) is 4.12. The van der Waals surface area contributed by atoms with E-state index in [9.17, 15) is 9.90 Å². The SMILES string of the molecule is CC(C)CCN(C(=O)CCC(C)O)C1CC1. The van der Waals surface area contributed by atoms with Crippen LogP contribution in [0.1, 0.15) is 52.9 Å². The number of aliphatic hydroxyl groups is 1. The Bertz CT molecular complexity index is 222. The fraction of sp³-hybridized carbons (Fsp3) is 0.923. The van der Waals surface area contributed by atoms with Gasteiger partial charge in [-0.05, 0) is 38.5 Å². The van der Waals surface area contributed by atoms with Crippen LogP contribution in [0.2, 0.25) is 0 Å². The van der Waals surface area contributed by atoms with Crippen molar-refractivity contribution in [3.8, 4) is 0 Å². The van der Waals surface area contributed by atoms with Gasteiger partial charge in [-0.2, -0.15) is 0 Å². The van der Waals surface area contributed by atoms with Crippen LogP contribution in [0, 0.1) is 5.92 Å². The Labute approximate surface area is 98.8 Å². The van der Waals surface area contributed by atoms with E-state index in [0.29, 0.717) is 24.8 Å². The molecule has 16 heavy (non-hydrogen) atoms. The van der Waals surface area contributed by atoms with Gasteiger partial charge in [0.2, 0.25) is 5.91 Å². The molecule has 0 radical (unpaired) electrons. The first-order chi connectivity index (χ1) is 7.50. The maximum atomic E-state index is 12.0. The Balaban J connectivity index is 2.33. The van der Waals surface area contributed by atoms with Crippen molar-refractivity contribution in [2.75, 3.05) is 6.54 Å². The van der Waals surface area contributed by atoms with Crippen molar-refractivity contribution < 1.29 is 9.90 Å². The molecular formula is C13H25NO2. The quantitative estimate of drug-likeness (QED) is 0.724. The van der Waals surface area contributed by atoms with Crippen LogP contribution in [0.4, 0.5) is 0 Å². The van der Waals surface area contributed by atoms with E-state index in [1.54, 1.807) is 6.92 Å². The van der Waals surface area contributed by atoms with E-state index in [-0.39, 0.29) is 12.0 Å². The van der Waals surface area contributed by atoms with Gasteiger partial charge >= 0.3 is 0 Å². The molecular weight excluding hydrogens is 202 g/mol. The average Bonchev–Trinajstić information content (AvgIpc) is 2.98. The van der Waals surface area contributed by atoms with Crippen molar-refractivity contribution in [1.82, 2.24) is 4.90 Å². The molecule has 1 amide bonds. The van der Waals surface area contributed by atoms with Crippen molar-refractivity contribution in [3.63, 3.8) is 0 Å². The second kappa shape index (κ2) is 6.24. The molecule has 1 saturated carbocycles. The molecule has 0 spiro atoms. The summed E-state index contributed by atoms with van der Waals surface area (Å²) in [7, 11) is 0. The summed E-state index contributed by atoms with van der Waals surface area (Å²) in [5, 5.41) is 9.18. The minimum atomic E-state index is -0.366. The van der Waals surface area contributed by atoms with Gasteiger partial charge in [0.15, 0.2) is 0 Å². The lowest BCUT2D eigenvalue weighted by molar-refractivity contribution is -0.132. The number of aliphatic hydroxyl groups excluding tert-OH is 1. The molecule has 1 N–H and O–H groups in total. The minimum absolute atomic E-state index is 0.226. The molecule has 3 nitrogen and oxygen atoms in total. The molecule has 94 valence electrons. The van der Waals surface area contributed by atoms with Crippen LogP contribution in [0.5, 0.6) is 0 Å². The van der Waals surface area contributed by atoms with Crippen molar-refractivity contribution >= 4 is 5.91 Å². The van der Waals surface area contributed by atoms with Crippen LogP contribution < -0.4 is 0 Å². The number of carbonyl (C=O) groups is 1. The molecule has 1 unspecified atom stereocenters. The number of hydrogen-bond donors (Lipinski definition) is 1. The molecule has 1 rings (SSSR count). The number of hydrogen-bond acceptors (Lipinski definition) is 2. The van der Waals surface area contributed by atoms with Gasteiger partial charge < -0.3 is 10.0 Å². The largest absolute Gasteiger partial charge is 0.393 e. The topological polar surface area (TPSA) is 40.5 Å². The summed E-state index contributed by atoms with van der Waals surface area (Å²) < 4.78 is 0. The van der Waals surface area contributed by atoms with Gasteiger partial charge in [0, 0.05) is 19.0 Å². The van der Waals surface area contributed by atoms with Gasteiger partial charge in [-0.15, -0.1) is 0 Å². The molecule has 0 aromatic carbocycles. The third-order valence-electron chi connectivity index (χ3n) is 3.03. The highest BCUT2D eigenvalue weighted by Gasteiger charge is 2.31. The fourth-order valence-corrected chi connectivity index (χ4v) is 1.77. The zero-order valence-electron chi connectivity index (χ0n) is 10.8. The molecule has 0 heterocycles. The lowest BCUT2D eigenvalue weighted by Gasteiger charge is -2.23. The highest BCUT2D eigenvalue weighted by atomic mass is 16.3. The highest BCUT2D eigenvalue weighted by molar-refractivity contribution is 5.76. The summed E-state index contributed by atoms with van der Waals surface area (Å²) in [4.78, 5) is 14.0. The van der Waals surface area contributed by atoms with Crippen LogP contribution >= 0.6 is 0 Å². The summed E-state index contributed by atoms with van der Waals surface area (Å²) in [6, 6.07) is 0.500. The van der Waals surface area contributed by atoms with E-state index < -0.39 is 0 Å². The van der Waals surface area contributed by atoms with Crippen molar-refractivity contribution in [1.29, 1.82) is 0 Å². The number of nitrogens with zero attached hydrogens (tertiary/aromatic N) is 1. The first-order valence-electron chi connectivity index (χ1n) is 6.48. The average molecular weight is 227 g/mol. The first-order valence-corrected chi connectivity index (χ1v) is 6.48. The second-order valence-corrected chi connectivity index (χ2v) is 5.39. The Morgan fingerprint density at radius 3 is 2.38 bits per heavy atom. The van der Waals surface area contributed by atoms with E-state index in [0.717, 1.165) is 13.0 Å². The van der Waals surface area contributed by atoms with Crippen molar-refractivity contribution in [2.45, 2.75) is 65.0 Å². The molecule has 3 heteroatoms. The maximum Gasteiger partial charge on any atom is 0.222 e. The van der Waals surface area contributed by atoms with Crippen LogP contribution in [0.15, 0.2) is 0 Å². The van der Waals surface area contributed by atoms with Gasteiger partial charge in [0.25, 0.3) is 0 Å². The maximum absolute atomic E-state index is 12.0. The zero-order valence-corrected chi connectivity index (χ0v) is 10.8. The lowest BCUT2D eigenvalue weighted by Crippen LogP contribution is -2.34. The number of rotatable bonds is 7.